The number of anilines is 2. The van der Waals surface area contributed by atoms with Gasteiger partial charge in [0.1, 0.15) is 5.82 Å². The molecular formula is C33H33N7O. The number of amides is 1. The van der Waals surface area contributed by atoms with Crippen molar-refractivity contribution in [3.63, 3.8) is 0 Å². The quantitative estimate of drug-likeness (QED) is 0.294. The Labute approximate surface area is 239 Å². The van der Waals surface area contributed by atoms with E-state index >= 15 is 0 Å². The maximum atomic E-state index is 12.6. The Hall–Kier alpha value is -4.66. The minimum atomic E-state index is -0.0571. The van der Waals surface area contributed by atoms with Crippen molar-refractivity contribution in [2.45, 2.75) is 19.5 Å². The number of nitrogens with zero attached hydrogens (tertiary/aromatic N) is 5. The second-order valence-corrected chi connectivity index (χ2v) is 10.4. The first-order valence-corrected chi connectivity index (χ1v) is 13.9. The molecule has 1 amide bonds. The van der Waals surface area contributed by atoms with Crippen LogP contribution >= 0.6 is 0 Å². The number of carbonyl (C=O) groups is 1. The number of pyridine rings is 1. The Morgan fingerprint density at radius 3 is 2.37 bits per heavy atom. The molecule has 5 aromatic rings. The van der Waals surface area contributed by atoms with Crippen molar-refractivity contribution in [3.8, 4) is 11.1 Å². The number of aromatic nitrogens is 3. The lowest BCUT2D eigenvalue weighted by Crippen LogP contribution is -2.46. The minimum absolute atomic E-state index is 0.0571. The molecule has 0 spiro atoms. The highest BCUT2D eigenvalue weighted by Crippen LogP contribution is 2.26. The molecule has 1 aliphatic rings. The third kappa shape index (κ3) is 6.57. The van der Waals surface area contributed by atoms with Crippen LogP contribution in [-0.2, 0) is 24.3 Å². The van der Waals surface area contributed by atoms with Gasteiger partial charge in [0.05, 0.1) is 23.7 Å². The van der Waals surface area contributed by atoms with Gasteiger partial charge >= 0.3 is 0 Å². The van der Waals surface area contributed by atoms with Crippen LogP contribution in [0, 0.1) is 0 Å². The fourth-order valence-corrected chi connectivity index (χ4v) is 5.22. The van der Waals surface area contributed by atoms with Gasteiger partial charge in [-0.25, -0.2) is 4.98 Å². The van der Waals surface area contributed by atoms with Gasteiger partial charge in [0.15, 0.2) is 0 Å². The molecule has 0 saturated carbocycles. The summed E-state index contributed by atoms with van der Waals surface area (Å²) in [6.07, 6.45) is 5.93. The van der Waals surface area contributed by atoms with Crippen molar-refractivity contribution >= 4 is 28.4 Å². The highest BCUT2D eigenvalue weighted by molar-refractivity contribution is 5.92. The average Bonchev–Trinajstić information content (AvgIpc) is 3.02. The molecule has 3 heterocycles. The number of nitrogens with one attached hydrogen (secondary N) is 1. The highest BCUT2D eigenvalue weighted by atomic mass is 16.1. The summed E-state index contributed by atoms with van der Waals surface area (Å²) in [5, 5.41) is 2.99. The van der Waals surface area contributed by atoms with Gasteiger partial charge < -0.3 is 16.0 Å². The topological polar surface area (TPSA) is 100 Å². The van der Waals surface area contributed by atoms with Gasteiger partial charge in [-0.15, -0.1) is 0 Å². The van der Waals surface area contributed by atoms with E-state index in [1.807, 2.05) is 79.3 Å². The van der Waals surface area contributed by atoms with E-state index in [0.29, 0.717) is 13.0 Å². The summed E-state index contributed by atoms with van der Waals surface area (Å²) in [6, 6.07) is 26.0. The Kier molecular flexibility index (Phi) is 7.93. The van der Waals surface area contributed by atoms with E-state index in [4.69, 9.17) is 10.7 Å². The standard InChI is InChI=1S/C33H33N7O/c34-20-25-4-1-3-24(17-25)18-33(41)37-29-9-6-27(7-10-29)28-8-11-30-31(19-28)38-32(22-36-30)40-15-13-39(14-16-40)23-26-5-2-12-35-21-26/h1-12,17,19,21-22H,13-16,18,20,23,34H2,(H,37,41). The Morgan fingerprint density at radius 1 is 0.805 bits per heavy atom. The molecule has 2 aromatic heterocycles. The molecule has 1 aliphatic heterocycles. The summed E-state index contributed by atoms with van der Waals surface area (Å²) in [5.74, 6) is 0.851. The fourth-order valence-electron chi connectivity index (χ4n) is 5.22. The van der Waals surface area contributed by atoms with Crippen LogP contribution in [0.25, 0.3) is 22.2 Å². The highest BCUT2D eigenvalue weighted by Gasteiger charge is 2.19. The van der Waals surface area contributed by atoms with E-state index in [1.54, 1.807) is 0 Å². The number of benzene rings is 3. The first-order valence-electron chi connectivity index (χ1n) is 13.9. The summed E-state index contributed by atoms with van der Waals surface area (Å²) in [5.41, 5.74) is 13.5. The zero-order valence-electron chi connectivity index (χ0n) is 22.9. The molecule has 3 N–H and O–H groups in total. The number of fused-ring (bicyclic) bond motifs is 1. The van der Waals surface area contributed by atoms with Crippen molar-refractivity contribution in [2.24, 2.45) is 5.73 Å². The van der Waals surface area contributed by atoms with Gasteiger partial charge in [-0.3, -0.25) is 19.7 Å². The van der Waals surface area contributed by atoms with Crippen LogP contribution < -0.4 is 16.0 Å². The monoisotopic (exact) mass is 543 g/mol. The van der Waals surface area contributed by atoms with Gasteiger partial charge in [-0.2, -0.15) is 0 Å². The largest absolute Gasteiger partial charge is 0.353 e. The van der Waals surface area contributed by atoms with Crippen LogP contribution in [0.3, 0.4) is 0 Å². The lowest BCUT2D eigenvalue weighted by atomic mass is 10.0. The third-order valence-electron chi connectivity index (χ3n) is 7.45. The number of piperazine rings is 1. The first kappa shape index (κ1) is 26.6. The van der Waals surface area contributed by atoms with Gasteiger partial charge in [-0.1, -0.05) is 48.5 Å². The summed E-state index contributed by atoms with van der Waals surface area (Å²) >= 11 is 0. The van der Waals surface area contributed by atoms with Crippen LogP contribution in [0.2, 0.25) is 0 Å². The van der Waals surface area contributed by atoms with E-state index in [2.05, 4.69) is 43.3 Å². The molecule has 6 rings (SSSR count). The van der Waals surface area contributed by atoms with Crippen molar-refractivity contribution in [3.05, 3.63) is 114 Å². The van der Waals surface area contributed by atoms with Gasteiger partial charge in [0.2, 0.25) is 5.91 Å². The third-order valence-corrected chi connectivity index (χ3v) is 7.45. The lowest BCUT2D eigenvalue weighted by Gasteiger charge is -2.35. The van der Waals surface area contributed by atoms with Crippen molar-refractivity contribution in [2.75, 3.05) is 36.4 Å². The molecule has 8 heteroatoms. The molecule has 3 aromatic carbocycles. The number of rotatable bonds is 8. The number of nitrogens with two attached hydrogens (primary N) is 1. The van der Waals surface area contributed by atoms with E-state index < -0.39 is 0 Å². The van der Waals surface area contributed by atoms with Crippen molar-refractivity contribution in [1.29, 1.82) is 0 Å². The van der Waals surface area contributed by atoms with Crippen LogP contribution in [0.5, 0.6) is 0 Å². The van der Waals surface area contributed by atoms with E-state index in [0.717, 1.165) is 77.5 Å². The first-order chi connectivity index (χ1) is 20.1. The minimum Gasteiger partial charge on any atom is -0.353 e. The Morgan fingerprint density at radius 2 is 1.59 bits per heavy atom. The average molecular weight is 544 g/mol. The molecule has 41 heavy (non-hydrogen) atoms. The van der Waals surface area contributed by atoms with Gasteiger partial charge in [-0.05, 0) is 58.1 Å². The maximum absolute atomic E-state index is 12.6. The number of carbonyl (C=O) groups excluding carboxylic acids is 1. The summed E-state index contributed by atoms with van der Waals surface area (Å²) in [4.78, 5) is 31.2. The van der Waals surface area contributed by atoms with Crippen LogP contribution in [0.1, 0.15) is 16.7 Å². The Balaban J connectivity index is 1.09. The van der Waals surface area contributed by atoms with E-state index in [9.17, 15) is 4.79 Å². The van der Waals surface area contributed by atoms with Gasteiger partial charge in [0, 0.05) is 57.3 Å². The van der Waals surface area contributed by atoms with E-state index in [-0.39, 0.29) is 5.91 Å². The number of hydrogen-bond acceptors (Lipinski definition) is 7. The summed E-state index contributed by atoms with van der Waals surface area (Å²) < 4.78 is 0. The zero-order chi connectivity index (χ0) is 28.0. The van der Waals surface area contributed by atoms with Gasteiger partial charge in [0.25, 0.3) is 0 Å². The lowest BCUT2D eigenvalue weighted by molar-refractivity contribution is -0.115. The van der Waals surface area contributed by atoms with Crippen LogP contribution in [0.15, 0.2) is 97.5 Å². The molecule has 1 saturated heterocycles. The van der Waals surface area contributed by atoms with Crippen molar-refractivity contribution < 1.29 is 4.79 Å². The predicted molar refractivity (Wildman–Crippen MR) is 163 cm³/mol. The molecule has 0 unspecified atom stereocenters. The van der Waals surface area contributed by atoms with Crippen LogP contribution in [-0.4, -0.2) is 51.9 Å². The van der Waals surface area contributed by atoms with E-state index in [1.165, 1.54) is 5.56 Å². The zero-order valence-corrected chi connectivity index (χ0v) is 22.9. The maximum Gasteiger partial charge on any atom is 0.228 e. The molecule has 0 aliphatic carbocycles. The van der Waals surface area contributed by atoms with Crippen LogP contribution in [0.4, 0.5) is 11.5 Å². The second kappa shape index (κ2) is 12.2. The fraction of sp³-hybridized carbons (Fsp3) is 0.212. The summed E-state index contributed by atoms with van der Waals surface area (Å²) in [6.45, 7) is 5.13. The molecule has 0 radical (unpaired) electrons. The molecule has 8 nitrogen and oxygen atoms in total. The molecule has 0 bridgehead atoms. The smallest absolute Gasteiger partial charge is 0.228 e. The molecule has 0 atom stereocenters. The SMILES string of the molecule is NCc1cccc(CC(=O)Nc2ccc(-c3ccc4ncc(N5CCN(Cc6cccnc6)CC5)nc4c3)cc2)c1. The normalized spacial score (nSPS) is 13.8. The van der Waals surface area contributed by atoms with Crippen molar-refractivity contribution in [1.82, 2.24) is 19.9 Å². The molecule has 1 fully saturated rings. The predicted octanol–water partition coefficient (Wildman–Crippen LogP) is 4.65. The Bertz CT molecular complexity index is 1630. The second-order valence-electron chi connectivity index (χ2n) is 10.4. The number of hydrogen-bond donors (Lipinski definition) is 2. The molecule has 206 valence electrons. The molecular weight excluding hydrogens is 510 g/mol. The summed E-state index contributed by atoms with van der Waals surface area (Å²) in [7, 11) is 0.